The molecule has 3 saturated heterocycles. The molecule has 0 unspecified atom stereocenters. The Balaban J connectivity index is 1.56. The van der Waals surface area contributed by atoms with Gasteiger partial charge in [0.15, 0.2) is 0 Å². The van der Waals surface area contributed by atoms with E-state index in [-0.39, 0.29) is 23.3 Å². The van der Waals surface area contributed by atoms with Crippen molar-refractivity contribution >= 4 is 46.4 Å². The molecule has 3 fully saturated rings. The van der Waals surface area contributed by atoms with Gasteiger partial charge in [0.05, 0.1) is 33.2 Å². The minimum atomic E-state index is -1.33. The van der Waals surface area contributed by atoms with Gasteiger partial charge in [0.1, 0.15) is 5.54 Å². The van der Waals surface area contributed by atoms with Gasteiger partial charge in [0, 0.05) is 23.7 Å². The molecule has 0 saturated carbocycles. The number of hydrogen-bond donors (Lipinski definition) is 1. The zero-order valence-corrected chi connectivity index (χ0v) is 18.3. The first-order chi connectivity index (χ1) is 15.8. The van der Waals surface area contributed by atoms with E-state index in [1.165, 1.54) is 18.2 Å². The summed E-state index contributed by atoms with van der Waals surface area (Å²) in [6.45, 7) is 2.29. The van der Waals surface area contributed by atoms with Crippen LogP contribution in [0.4, 0.5) is 17.1 Å². The van der Waals surface area contributed by atoms with Gasteiger partial charge >= 0.3 is 0 Å². The zero-order chi connectivity index (χ0) is 23.2. The lowest BCUT2D eigenvalue weighted by molar-refractivity contribution is -0.384. The molecule has 4 aliphatic rings. The molecule has 2 aromatic rings. The van der Waals surface area contributed by atoms with Crippen molar-refractivity contribution in [3.63, 3.8) is 0 Å². The number of benzene rings is 2. The third-order valence-corrected chi connectivity index (χ3v) is 7.94. The van der Waals surface area contributed by atoms with Crippen LogP contribution in [0.2, 0.25) is 5.02 Å². The first-order valence-electron chi connectivity index (χ1n) is 10.8. The molecular weight excluding hydrogens is 448 g/mol. The van der Waals surface area contributed by atoms with Crippen molar-refractivity contribution in [1.29, 1.82) is 0 Å². The van der Waals surface area contributed by atoms with E-state index in [4.69, 9.17) is 11.6 Å². The number of nitrogens with zero attached hydrogens (tertiary/aromatic N) is 3. The number of anilines is 2. The number of nitro benzene ring substituents is 1. The maximum absolute atomic E-state index is 14.0. The normalized spacial score (nSPS) is 30.1. The van der Waals surface area contributed by atoms with Crippen LogP contribution < -0.4 is 10.2 Å². The van der Waals surface area contributed by atoms with Crippen molar-refractivity contribution in [2.24, 2.45) is 11.8 Å². The van der Waals surface area contributed by atoms with Gasteiger partial charge in [-0.25, -0.2) is 4.90 Å². The fourth-order valence-corrected chi connectivity index (χ4v) is 6.61. The number of fused-ring (bicyclic) bond motifs is 7. The van der Waals surface area contributed by atoms with Gasteiger partial charge < -0.3 is 5.32 Å². The summed E-state index contributed by atoms with van der Waals surface area (Å²) in [5.41, 5.74) is 0.305. The van der Waals surface area contributed by atoms with E-state index in [1.54, 1.807) is 25.1 Å². The molecule has 0 aromatic heterocycles. The average molecular weight is 467 g/mol. The summed E-state index contributed by atoms with van der Waals surface area (Å²) in [4.78, 5) is 55.2. The van der Waals surface area contributed by atoms with E-state index < -0.39 is 34.1 Å². The van der Waals surface area contributed by atoms with Crippen molar-refractivity contribution in [2.75, 3.05) is 16.8 Å². The highest BCUT2D eigenvalue weighted by molar-refractivity contribution is 6.35. The third-order valence-electron chi connectivity index (χ3n) is 7.62. The summed E-state index contributed by atoms with van der Waals surface area (Å²) < 4.78 is 0. The standard InChI is InChI=1S/C23H19ClN4O5/c1-11-7-8-12(28(32)33)10-16(11)27-20(29)17-15-6-3-9-26(15)23(18(17)21(27)30)13-4-2-5-14(24)19(13)25-22(23)31/h2,4-5,7-8,10,15,17-18H,3,6,9H2,1H3,(H,25,31)/t15-,17+,18+,23+/m1/s1. The minimum absolute atomic E-state index is 0.193. The number of hydrogen-bond acceptors (Lipinski definition) is 6. The number of carbonyl (C=O) groups is 3. The third kappa shape index (κ3) is 2.33. The molecule has 6 rings (SSSR count). The van der Waals surface area contributed by atoms with Crippen LogP contribution in [0.5, 0.6) is 0 Å². The summed E-state index contributed by atoms with van der Waals surface area (Å²) in [6, 6.07) is 9.05. The summed E-state index contributed by atoms with van der Waals surface area (Å²) in [5, 5.41) is 14.6. The second-order valence-corrected chi connectivity index (χ2v) is 9.44. The van der Waals surface area contributed by atoms with Crippen LogP contribution in [-0.2, 0) is 19.9 Å². The van der Waals surface area contributed by atoms with Gasteiger partial charge in [0.2, 0.25) is 11.8 Å². The predicted molar refractivity (Wildman–Crippen MR) is 119 cm³/mol. The van der Waals surface area contributed by atoms with Crippen molar-refractivity contribution in [3.8, 4) is 0 Å². The van der Waals surface area contributed by atoms with E-state index >= 15 is 0 Å². The number of nitrogens with one attached hydrogen (secondary N) is 1. The molecule has 1 spiro atoms. The Morgan fingerprint density at radius 3 is 2.73 bits per heavy atom. The molecule has 0 radical (unpaired) electrons. The number of imide groups is 1. The van der Waals surface area contributed by atoms with Gasteiger partial charge in [-0.3, -0.25) is 29.4 Å². The Kier molecular flexibility index (Phi) is 4.07. The van der Waals surface area contributed by atoms with E-state index in [1.807, 2.05) is 4.90 Å². The highest BCUT2D eigenvalue weighted by Crippen LogP contribution is 2.61. The number of para-hydroxylation sites is 1. The van der Waals surface area contributed by atoms with Crippen LogP contribution in [0.3, 0.4) is 0 Å². The van der Waals surface area contributed by atoms with Gasteiger partial charge in [-0.1, -0.05) is 29.8 Å². The van der Waals surface area contributed by atoms with E-state index in [0.29, 0.717) is 34.8 Å². The molecule has 4 atom stereocenters. The summed E-state index contributed by atoms with van der Waals surface area (Å²) in [5.74, 6) is -2.93. The summed E-state index contributed by atoms with van der Waals surface area (Å²) in [6.07, 6.45) is 1.49. The van der Waals surface area contributed by atoms with Crippen molar-refractivity contribution in [2.45, 2.75) is 31.3 Å². The first-order valence-corrected chi connectivity index (χ1v) is 11.2. The molecule has 168 valence electrons. The van der Waals surface area contributed by atoms with Gasteiger partial charge in [0.25, 0.3) is 11.6 Å². The molecule has 2 aromatic carbocycles. The molecule has 0 bridgehead atoms. The molecule has 10 heteroatoms. The Morgan fingerprint density at radius 1 is 1.18 bits per heavy atom. The Morgan fingerprint density at radius 2 is 1.97 bits per heavy atom. The van der Waals surface area contributed by atoms with Gasteiger partial charge in [-0.05, 0) is 37.9 Å². The molecule has 9 nitrogen and oxygen atoms in total. The summed E-state index contributed by atoms with van der Waals surface area (Å²) in [7, 11) is 0. The molecule has 3 amide bonds. The average Bonchev–Trinajstić information content (AvgIpc) is 3.48. The monoisotopic (exact) mass is 466 g/mol. The van der Waals surface area contributed by atoms with E-state index in [9.17, 15) is 24.5 Å². The lowest BCUT2D eigenvalue weighted by atomic mass is 9.75. The molecule has 0 aliphatic carbocycles. The highest BCUT2D eigenvalue weighted by atomic mass is 35.5. The fraction of sp³-hybridized carbons (Fsp3) is 0.348. The molecule has 4 heterocycles. The Labute approximate surface area is 193 Å². The van der Waals surface area contributed by atoms with Crippen LogP contribution in [-0.4, -0.2) is 40.1 Å². The lowest BCUT2D eigenvalue weighted by Crippen LogP contribution is -2.54. The highest BCUT2D eigenvalue weighted by Gasteiger charge is 2.74. The smallest absolute Gasteiger partial charge is 0.271 e. The van der Waals surface area contributed by atoms with Crippen molar-refractivity contribution in [3.05, 3.63) is 62.7 Å². The number of halogens is 1. The van der Waals surface area contributed by atoms with Crippen LogP contribution in [0, 0.1) is 28.9 Å². The molecule has 1 N–H and O–H groups in total. The number of carbonyl (C=O) groups excluding carboxylic acids is 3. The SMILES string of the molecule is Cc1ccc([N+](=O)[O-])cc1N1C(=O)[C@H]2[C@H]3CCCN3[C@]3(C(=O)Nc4c(Cl)cccc43)[C@@H]2C1=O. The maximum Gasteiger partial charge on any atom is 0.271 e. The quantitative estimate of drug-likeness (QED) is 0.413. The Bertz CT molecular complexity index is 1300. The number of amides is 3. The second-order valence-electron chi connectivity index (χ2n) is 9.03. The van der Waals surface area contributed by atoms with E-state index in [2.05, 4.69) is 5.32 Å². The predicted octanol–water partition coefficient (Wildman–Crippen LogP) is 2.99. The number of aryl methyl sites for hydroxylation is 1. The molecule has 4 aliphatic heterocycles. The minimum Gasteiger partial charge on any atom is -0.323 e. The topological polar surface area (TPSA) is 113 Å². The fourth-order valence-electron chi connectivity index (χ4n) is 6.38. The number of nitro groups is 1. The van der Waals surface area contributed by atoms with Crippen LogP contribution in [0.25, 0.3) is 0 Å². The lowest BCUT2D eigenvalue weighted by Gasteiger charge is -2.36. The zero-order valence-electron chi connectivity index (χ0n) is 17.6. The summed E-state index contributed by atoms with van der Waals surface area (Å²) >= 11 is 6.38. The number of non-ortho nitro benzene ring substituents is 1. The van der Waals surface area contributed by atoms with Crippen LogP contribution in [0.1, 0.15) is 24.0 Å². The first kappa shape index (κ1) is 20.3. The van der Waals surface area contributed by atoms with Crippen molar-refractivity contribution < 1.29 is 19.3 Å². The van der Waals surface area contributed by atoms with E-state index in [0.717, 1.165) is 11.3 Å². The van der Waals surface area contributed by atoms with Crippen LogP contribution in [0.15, 0.2) is 36.4 Å². The van der Waals surface area contributed by atoms with Gasteiger partial charge in [-0.15, -0.1) is 0 Å². The Hall–Kier alpha value is -3.30. The van der Waals surface area contributed by atoms with Crippen molar-refractivity contribution in [1.82, 2.24) is 4.90 Å². The van der Waals surface area contributed by atoms with Gasteiger partial charge in [-0.2, -0.15) is 0 Å². The number of rotatable bonds is 2. The van der Waals surface area contributed by atoms with Crippen LogP contribution >= 0.6 is 11.6 Å². The molecule has 33 heavy (non-hydrogen) atoms. The maximum atomic E-state index is 14.0. The largest absolute Gasteiger partial charge is 0.323 e. The molecular formula is C23H19ClN4O5. The second kappa shape index (κ2) is 6.61.